The van der Waals surface area contributed by atoms with Crippen LogP contribution >= 0.6 is 11.3 Å². The number of para-hydroxylation sites is 1. The number of hydrogen-bond donors (Lipinski definition) is 2. The second-order valence-corrected chi connectivity index (χ2v) is 10.1. The van der Waals surface area contributed by atoms with Crippen molar-refractivity contribution in [1.29, 1.82) is 0 Å². The van der Waals surface area contributed by atoms with Crippen LogP contribution in [0.4, 0.5) is 16.7 Å². The summed E-state index contributed by atoms with van der Waals surface area (Å²) < 4.78 is 11.5. The number of thiazole rings is 1. The molecule has 4 aromatic rings. The Morgan fingerprint density at radius 3 is 2.67 bits per heavy atom. The van der Waals surface area contributed by atoms with Crippen LogP contribution in [0.25, 0.3) is 11.6 Å². The lowest BCUT2D eigenvalue weighted by Crippen LogP contribution is -2.36. The minimum absolute atomic E-state index is 0.0235. The molecule has 0 saturated carbocycles. The van der Waals surface area contributed by atoms with Crippen molar-refractivity contribution in [3.05, 3.63) is 70.7 Å². The van der Waals surface area contributed by atoms with Crippen LogP contribution in [-0.2, 0) is 9.53 Å². The number of carbonyl (C=O) groups is 1. The van der Waals surface area contributed by atoms with E-state index in [0.717, 1.165) is 39.9 Å². The summed E-state index contributed by atoms with van der Waals surface area (Å²) in [5, 5.41) is 16.6. The third-order valence-electron chi connectivity index (χ3n) is 6.52. The van der Waals surface area contributed by atoms with E-state index in [4.69, 9.17) is 9.15 Å². The number of carbonyl (C=O) groups excluding carboxylic acids is 1. The maximum Gasteiger partial charge on any atom is 0.316 e. The number of benzene rings is 2. The van der Waals surface area contributed by atoms with Crippen LogP contribution in [0, 0.1) is 6.92 Å². The van der Waals surface area contributed by atoms with E-state index >= 15 is 0 Å². The molecule has 2 aromatic heterocycles. The second-order valence-electron chi connectivity index (χ2n) is 8.87. The second kappa shape index (κ2) is 9.71. The Morgan fingerprint density at radius 2 is 1.83 bits per heavy atom. The van der Waals surface area contributed by atoms with Crippen molar-refractivity contribution in [3.63, 3.8) is 0 Å². The molecule has 1 amide bonds. The number of nitrogens with one attached hydrogen (secondary N) is 2. The summed E-state index contributed by atoms with van der Waals surface area (Å²) in [6, 6.07) is 17.8. The lowest BCUT2D eigenvalue weighted by molar-refractivity contribution is -0.117. The fourth-order valence-electron chi connectivity index (χ4n) is 4.79. The summed E-state index contributed by atoms with van der Waals surface area (Å²) in [7, 11) is 0. The van der Waals surface area contributed by atoms with Gasteiger partial charge in [-0.1, -0.05) is 53.6 Å². The molecule has 36 heavy (non-hydrogen) atoms. The minimum Gasteiger partial charge on any atom is -0.402 e. The first-order chi connectivity index (χ1) is 17.7. The number of ether oxygens (including phenoxy) is 1. The predicted octanol–water partition coefficient (Wildman–Crippen LogP) is 4.29. The van der Waals surface area contributed by atoms with Crippen molar-refractivity contribution < 1.29 is 13.9 Å². The van der Waals surface area contributed by atoms with E-state index in [-0.39, 0.29) is 17.8 Å². The maximum absolute atomic E-state index is 13.2. The first kappa shape index (κ1) is 22.7. The van der Waals surface area contributed by atoms with E-state index in [1.165, 1.54) is 0 Å². The van der Waals surface area contributed by atoms with Crippen LogP contribution in [0.5, 0.6) is 0 Å². The molecule has 2 atom stereocenters. The molecule has 0 spiro atoms. The normalized spacial score (nSPS) is 19.9. The summed E-state index contributed by atoms with van der Waals surface area (Å²) in [5.74, 6) is 0.217. The molecule has 1 fully saturated rings. The molecule has 184 valence electrons. The van der Waals surface area contributed by atoms with Crippen LogP contribution in [0.1, 0.15) is 28.5 Å². The fourth-order valence-corrected chi connectivity index (χ4v) is 5.75. The topological polar surface area (TPSA) is 105 Å². The van der Waals surface area contributed by atoms with E-state index in [1.807, 2.05) is 43.3 Å². The van der Waals surface area contributed by atoms with Crippen molar-refractivity contribution in [2.75, 3.05) is 41.8 Å². The zero-order chi connectivity index (χ0) is 24.5. The SMILES string of the molecule is Cc1nc(-c2nnc(NC3CC(c4ccccc4)c4ccccc4NC3=O)o2)c(N2CCOCC2)s1. The van der Waals surface area contributed by atoms with E-state index in [0.29, 0.717) is 31.2 Å². The molecule has 0 bridgehead atoms. The predicted molar refractivity (Wildman–Crippen MR) is 139 cm³/mol. The van der Waals surface area contributed by atoms with Gasteiger partial charge in [-0.25, -0.2) is 4.98 Å². The van der Waals surface area contributed by atoms with Crippen molar-refractivity contribution in [3.8, 4) is 11.6 Å². The third kappa shape index (κ3) is 4.45. The summed E-state index contributed by atoms with van der Waals surface area (Å²) in [4.78, 5) is 20.1. The van der Waals surface area contributed by atoms with Crippen LogP contribution < -0.4 is 15.5 Å². The van der Waals surface area contributed by atoms with Gasteiger partial charge in [0.15, 0.2) is 5.69 Å². The zero-order valence-electron chi connectivity index (χ0n) is 19.8. The molecule has 2 N–H and O–H groups in total. The standard InChI is InChI=1S/C26H26N6O3S/c1-16-27-22(25(36-16)32-11-13-34-14-12-32)24-30-31-26(35-24)29-21-15-19(17-7-3-2-4-8-17)18-9-5-6-10-20(18)28-23(21)33/h2-10,19,21H,11-15H2,1H3,(H,28,33)(H,29,31). The highest BCUT2D eigenvalue weighted by Crippen LogP contribution is 2.38. The third-order valence-corrected chi connectivity index (χ3v) is 7.56. The first-order valence-corrected chi connectivity index (χ1v) is 12.8. The Labute approximate surface area is 212 Å². The molecule has 2 unspecified atom stereocenters. The van der Waals surface area contributed by atoms with Crippen LogP contribution in [0.3, 0.4) is 0 Å². The van der Waals surface area contributed by atoms with Gasteiger partial charge in [-0.3, -0.25) is 4.79 Å². The molecule has 2 aromatic carbocycles. The van der Waals surface area contributed by atoms with E-state index in [9.17, 15) is 4.79 Å². The number of fused-ring (bicyclic) bond motifs is 1. The Kier molecular flexibility index (Phi) is 6.12. The van der Waals surface area contributed by atoms with Gasteiger partial charge in [0.25, 0.3) is 5.89 Å². The molecule has 4 heterocycles. The summed E-state index contributed by atoms with van der Waals surface area (Å²) in [6.45, 7) is 4.89. The molecule has 2 aliphatic rings. The van der Waals surface area contributed by atoms with Crippen LogP contribution in [0.2, 0.25) is 0 Å². The summed E-state index contributed by atoms with van der Waals surface area (Å²) in [6.07, 6.45) is 0.541. The molecular weight excluding hydrogens is 476 g/mol. The number of aromatic nitrogens is 3. The Balaban J connectivity index is 1.27. The minimum atomic E-state index is -0.563. The smallest absolute Gasteiger partial charge is 0.316 e. The van der Waals surface area contributed by atoms with E-state index < -0.39 is 6.04 Å². The van der Waals surface area contributed by atoms with Gasteiger partial charge in [0.1, 0.15) is 11.0 Å². The zero-order valence-corrected chi connectivity index (χ0v) is 20.6. The quantitative estimate of drug-likeness (QED) is 0.416. The van der Waals surface area contributed by atoms with Gasteiger partial charge >= 0.3 is 6.01 Å². The molecule has 1 saturated heterocycles. The number of nitrogens with zero attached hydrogens (tertiary/aromatic N) is 4. The van der Waals surface area contributed by atoms with Crippen LogP contribution in [0.15, 0.2) is 59.0 Å². The fraction of sp³-hybridized carbons (Fsp3) is 0.308. The largest absolute Gasteiger partial charge is 0.402 e. The van der Waals surface area contributed by atoms with Gasteiger partial charge in [0.2, 0.25) is 5.91 Å². The molecule has 9 nitrogen and oxygen atoms in total. The molecular formula is C26H26N6O3S. The van der Waals surface area contributed by atoms with Crippen LogP contribution in [-0.4, -0.2) is 53.4 Å². The number of rotatable bonds is 5. The van der Waals surface area contributed by atoms with Gasteiger partial charge in [-0.05, 0) is 30.5 Å². The lowest BCUT2D eigenvalue weighted by Gasteiger charge is -2.27. The van der Waals surface area contributed by atoms with Gasteiger partial charge < -0.3 is 24.7 Å². The molecule has 0 radical (unpaired) electrons. The molecule has 2 aliphatic heterocycles. The molecule has 0 aliphatic carbocycles. The highest BCUT2D eigenvalue weighted by molar-refractivity contribution is 7.16. The summed E-state index contributed by atoms with van der Waals surface area (Å²) in [5.41, 5.74) is 3.72. The van der Waals surface area contributed by atoms with Gasteiger partial charge in [0.05, 0.1) is 18.2 Å². The first-order valence-electron chi connectivity index (χ1n) is 12.0. The number of aryl methyl sites for hydroxylation is 1. The lowest BCUT2D eigenvalue weighted by atomic mass is 9.86. The Morgan fingerprint density at radius 1 is 1.06 bits per heavy atom. The van der Waals surface area contributed by atoms with Gasteiger partial charge in [-0.2, -0.15) is 0 Å². The number of anilines is 3. The van der Waals surface area contributed by atoms with E-state index in [1.54, 1.807) is 11.3 Å². The van der Waals surface area contributed by atoms with Crippen molar-refractivity contribution in [2.45, 2.75) is 25.3 Å². The Hall–Kier alpha value is -3.76. The molecule has 6 rings (SSSR count). The van der Waals surface area contributed by atoms with Crippen molar-refractivity contribution in [1.82, 2.24) is 15.2 Å². The molecule has 10 heteroatoms. The average molecular weight is 503 g/mol. The number of hydrogen-bond acceptors (Lipinski definition) is 9. The Bertz CT molecular complexity index is 1370. The van der Waals surface area contributed by atoms with Crippen molar-refractivity contribution in [2.24, 2.45) is 0 Å². The van der Waals surface area contributed by atoms with E-state index in [2.05, 4.69) is 48.9 Å². The van der Waals surface area contributed by atoms with Gasteiger partial charge in [-0.15, -0.1) is 16.4 Å². The number of amides is 1. The number of morpholine rings is 1. The maximum atomic E-state index is 13.2. The monoisotopic (exact) mass is 502 g/mol. The average Bonchev–Trinajstić information content (AvgIpc) is 3.51. The van der Waals surface area contributed by atoms with Crippen molar-refractivity contribution >= 4 is 33.9 Å². The van der Waals surface area contributed by atoms with Gasteiger partial charge in [0, 0.05) is 24.7 Å². The summed E-state index contributed by atoms with van der Waals surface area (Å²) >= 11 is 1.60. The highest BCUT2D eigenvalue weighted by atomic mass is 32.1. The highest BCUT2D eigenvalue weighted by Gasteiger charge is 2.32.